The van der Waals surface area contributed by atoms with Gasteiger partial charge in [-0.1, -0.05) is 0 Å². The van der Waals surface area contributed by atoms with Crippen LogP contribution in [-0.2, 0) is 4.79 Å². The van der Waals surface area contributed by atoms with E-state index in [9.17, 15) is 18.4 Å². The molecule has 7 nitrogen and oxygen atoms in total. The molecule has 2 aliphatic heterocycles. The van der Waals surface area contributed by atoms with Crippen LogP contribution in [0.3, 0.4) is 0 Å². The van der Waals surface area contributed by atoms with Crippen LogP contribution in [0, 0.1) is 5.92 Å². The van der Waals surface area contributed by atoms with Gasteiger partial charge in [0, 0.05) is 7.05 Å². The molecule has 27 heavy (non-hydrogen) atoms. The molecule has 3 fully saturated rings. The number of nitrogens with zero attached hydrogens (tertiary/aromatic N) is 4. The molecule has 1 aliphatic carbocycles. The zero-order valence-electron chi connectivity index (χ0n) is 15.0. The van der Waals surface area contributed by atoms with E-state index in [1.165, 1.54) is 15.9 Å². The second-order valence-corrected chi connectivity index (χ2v) is 7.40. The summed E-state index contributed by atoms with van der Waals surface area (Å²) in [5, 5.41) is 0. The predicted octanol–water partition coefficient (Wildman–Crippen LogP) is 1.77. The van der Waals surface area contributed by atoms with Crippen molar-refractivity contribution in [2.45, 2.75) is 25.2 Å². The molecule has 9 heteroatoms. The smallest absolute Gasteiger partial charge is 0.295 e. The normalized spacial score (nSPS) is 22.9. The molecular formula is C18H20F2N4O3. The van der Waals surface area contributed by atoms with Gasteiger partial charge >= 0.3 is 0 Å². The topological polar surface area (TPSA) is 75.1 Å². The Morgan fingerprint density at radius 2 is 2.11 bits per heavy atom. The number of pyridine rings is 1. The molecule has 0 aromatic carbocycles. The van der Waals surface area contributed by atoms with Crippen LogP contribution in [0.25, 0.3) is 0 Å². The van der Waals surface area contributed by atoms with Crippen molar-refractivity contribution in [3.05, 3.63) is 17.8 Å². The molecule has 3 aliphatic rings. The Labute approximate surface area is 155 Å². The molecule has 0 bridgehead atoms. The number of halogens is 2. The number of hydrogen-bond donors (Lipinski definition) is 0. The molecular weight excluding hydrogens is 358 g/mol. The number of carbonyl (C=O) groups excluding carboxylic acids is 2. The number of carbonyl (C=O) groups is 2. The summed E-state index contributed by atoms with van der Waals surface area (Å²) in [6.45, 7) is -0.0107. The van der Waals surface area contributed by atoms with E-state index in [-0.39, 0.29) is 23.9 Å². The SMILES string of the molecule is CN1CC(=NC(=O)c2ccc(N3CC(F)(F)C3)c(OCC3CC3)n2)CC1=O. The van der Waals surface area contributed by atoms with Crippen LogP contribution in [0.2, 0.25) is 0 Å². The first-order valence-corrected chi connectivity index (χ1v) is 8.92. The minimum absolute atomic E-state index is 0.0753. The Bertz CT molecular complexity index is 815. The number of hydrogen-bond acceptors (Lipinski definition) is 5. The highest BCUT2D eigenvalue weighted by Gasteiger charge is 2.45. The van der Waals surface area contributed by atoms with Gasteiger partial charge in [0.1, 0.15) is 11.4 Å². The highest BCUT2D eigenvalue weighted by molar-refractivity contribution is 6.13. The maximum Gasteiger partial charge on any atom is 0.295 e. The summed E-state index contributed by atoms with van der Waals surface area (Å²) in [6.07, 6.45) is 2.27. The number of ether oxygens (including phenoxy) is 1. The average molecular weight is 378 g/mol. The molecule has 3 heterocycles. The van der Waals surface area contributed by atoms with Gasteiger partial charge in [-0.25, -0.2) is 18.8 Å². The summed E-state index contributed by atoms with van der Waals surface area (Å²) in [5.41, 5.74) is 1.02. The van der Waals surface area contributed by atoms with E-state index in [2.05, 4.69) is 9.98 Å². The maximum atomic E-state index is 13.2. The predicted molar refractivity (Wildman–Crippen MR) is 93.6 cm³/mol. The molecule has 4 rings (SSSR count). The van der Waals surface area contributed by atoms with Gasteiger partial charge in [0.15, 0.2) is 0 Å². The summed E-state index contributed by atoms with van der Waals surface area (Å²) in [6, 6.07) is 3.03. The number of amides is 2. The van der Waals surface area contributed by atoms with Gasteiger partial charge < -0.3 is 14.5 Å². The summed E-state index contributed by atoms with van der Waals surface area (Å²) in [4.78, 5) is 35.2. The van der Waals surface area contributed by atoms with Gasteiger partial charge in [0.2, 0.25) is 11.8 Å². The van der Waals surface area contributed by atoms with Crippen molar-refractivity contribution < 1.29 is 23.1 Å². The maximum absolute atomic E-state index is 13.2. The molecule has 0 N–H and O–H groups in total. The number of aromatic nitrogens is 1. The summed E-state index contributed by atoms with van der Waals surface area (Å²) in [7, 11) is 1.65. The van der Waals surface area contributed by atoms with Crippen molar-refractivity contribution in [2.24, 2.45) is 10.9 Å². The second kappa shape index (κ2) is 6.54. The third-order valence-corrected chi connectivity index (χ3v) is 4.86. The molecule has 2 saturated heterocycles. The van der Waals surface area contributed by atoms with Crippen molar-refractivity contribution in [3.63, 3.8) is 0 Å². The Hall–Kier alpha value is -2.58. The molecule has 0 unspecified atom stereocenters. The lowest BCUT2D eigenvalue weighted by Gasteiger charge is -2.40. The highest BCUT2D eigenvalue weighted by Crippen LogP contribution is 2.38. The van der Waals surface area contributed by atoms with E-state index in [1.807, 2.05) is 0 Å². The van der Waals surface area contributed by atoms with Crippen LogP contribution < -0.4 is 9.64 Å². The minimum Gasteiger partial charge on any atom is -0.476 e. The quantitative estimate of drug-likeness (QED) is 0.781. The van der Waals surface area contributed by atoms with Crippen molar-refractivity contribution >= 4 is 23.2 Å². The molecule has 0 atom stereocenters. The van der Waals surface area contributed by atoms with Crippen LogP contribution >= 0.6 is 0 Å². The summed E-state index contributed by atoms with van der Waals surface area (Å²) >= 11 is 0. The largest absolute Gasteiger partial charge is 0.476 e. The number of rotatable bonds is 5. The minimum atomic E-state index is -2.71. The Balaban J connectivity index is 1.54. The molecule has 1 saturated carbocycles. The second-order valence-electron chi connectivity index (χ2n) is 7.40. The molecule has 0 spiro atoms. The van der Waals surface area contributed by atoms with Crippen LogP contribution in [0.4, 0.5) is 14.5 Å². The molecule has 144 valence electrons. The summed E-state index contributed by atoms with van der Waals surface area (Å²) in [5.74, 6) is -2.73. The standard InChI is InChI=1S/C18H20F2N4O3/c1-23-7-12(6-15(23)25)21-16(26)13-4-5-14(24-9-18(19,20)10-24)17(22-13)27-8-11-2-3-11/h4-5,11H,2-3,6-10H2,1H3. The van der Waals surface area contributed by atoms with Crippen molar-refractivity contribution in [3.8, 4) is 5.88 Å². The molecule has 0 radical (unpaired) electrons. The fourth-order valence-electron chi connectivity index (χ4n) is 3.07. The lowest BCUT2D eigenvalue weighted by atomic mass is 10.1. The third kappa shape index (κ3) is 3.91. The number of likely N-dealkylation sites (tertiary alicyclic amines) is 1. The van der Waals surface area contributed by atoms with Gasteiger partial charge in [0.25, 0.3) is 11.8 Å². The fourth-order valence-corrected chi connectivity index (χ4v) is 3.07. The Morgan fingerprint density at radius 3 is 2.70 bits per heavy atom. The lowest BCUT2D eigenvalue weighted by Crippen LogP contribution is -2.56. The fraction of sp³-hybridized carbons (Fsp3) is 0.556. The monoisotopic (exact) mass is 378 g/mol. The van der Waals surface area contributed by atoms with Gasteiger partial charge in [-0.2, -0.15) is 0 Å². The van der Waals surface area contributed by atoms with Crippen molar-refractivity contribution in [2.75, 3.05) is 38.2 Å². The third-order valence-electron chi connectivity index (χ3n) is 4.86. The zero-order chi connectivity index (χ0) is 19.2. The van der Waals surface area contributed by atoms with Gasteiger partial charge in [-0.05, 0) is 30.9 Å². The van der Waals surface area contributed by atoms with E-state index in [1.54, 1.807) is 13.1 Å². The summed E-state index contributed by atoms with van der Waals surface area (Å²) < 4.78 is 32.2. The van der Waals surface area contributed by atoms with E-state index >= 15 is 0 Å². The average Bonchev–Trinajstić information content (AvgIpc) is 3.36. The van der Waals surface area contributed by atoms with E-state index < -0.39 is 24.9 Å². The first-order chi connectivity index (χ1) is 12.8. The van der Waals surface area contributed by atoms with E-state index in [0.29, 0.717) is 30.5 Å². The molecule has 1 aromatic heterocycles. The number of alkyl halides is 2. The van der Waals surface area contributed by atoms with Gasteiger partial charge in [0.05, 0.1) is 38.4 Å². The first-order valence-electron chi connectivity index (χ1n) is 8.92. The van der Waals surface area contributed by atoms with Gasteiger partial charge in [-0.15, -0.1) is 0 Å². The Kier molecular flexibility index (Phi) is 4.32. The zero-order valence-corrected chi connectivity index (χ0v) is 15.0. The van der Waals surface area contributed by atoms with Crippen molar-refractivity contribution in [1.82, 2.24) is 9.88 Å². The van der Waals surface area contributed by atoms with E-state index in [4.69, 9.17) is 4.74 Å². The van der Waals surface area contributed by atoms with E-state index in [0.717, 1.165) is 12.8 Å². The van der Waals surface area contributed by atoms with Crippen LogP contribution in [0.1, 0.15) is 29.8 Å². The number of aliphatic imine (C=N–C) groups is 1. The van der Waals surface area contributed by atoms with Crippen LogP contribution in [-0.4, -0.2) is 66.6 Å². The number of anilines is 1. The van der Waals surface area contributed by atoms with Crippen LogP contribution in [0.15, 0.2) is 17.1 Å². The van der Waals surface area contributed by atoms with Crippen molar-refractivity contribution in [1.29, 1.82) is 0 Å². The molecule has 1 aromatic rings. The van der Waals surface area contributed by atoms with Gasteiger partial charge in [-0.3, -0.25) is 9.59 Å². The first kappa shape index (κ1) is 17.8. The van der Waals surface area contributed by atoms with Crippen LogP contribution in [0.5, 0.6) is 5.88 Å². The Morgan fingerprint density at radius 1 is 1.37 bits per heavy atom. The molecule has 2 amide bonds. The highest BCUT2D eigenvalue weighted by atomic mass is 19.3. The lowest BCUT2D eigenvalue weighted by molar-refractivity contribution is -0.126.